The van der Waals surface area contributed by atoms with Crippen LogP contribution in [0.3, 0.4) is 0 Å². The van der Waals surface area contributed by atoms with Gasteiger partial charge in [-0.1, -0.05) is 206 Å². The Labute approximate surface area is 445 Å². The summed E-state index contributed by atoms with van der Waals surface area (Å²) in [5, 5.41) is 12.7. The number of hydrogen-bond donors (Lipinski definition) is 1. The molecule has 0 radical (unpaired) electrons. The lowest BCUT2D eigenvalue weighted by Crippen LogP contribution is -2.10. The standard InChI is InChI=1S/C71H63N3O/c1-45(2)55-41-61(46(3)4)69(75)64(42-55)70-73-68-60(25-18-26-66(68)74(70)67-44-62(52-23-16-11-17-24-52)47(5)37-63(67)53-31-33-59(34-32-53)71(6,7)8)57-38-56(49-21-14-10-15-22-49)39-58(40-57)65-43-54(35-36-72-65)51-29-27-50(28-30-51)48-19-12-9-13-20-48/h9-46,75H,1-8H3/i45D,46D. The number of aryl methyl sites for hydroxylation is 1. The van der Waals surface area contributed by atoms with Crippen LogP contribution in [0.5, 0.6) is 5.75 Å². The summed E-state index contributed by atoms with van der Waals surface area (Å²) >= 11 is 0. The summed E-state index contributed by atoms with van der Waals surface area (Å²) in [4.78, 5) is 10.7. The smallest absolute Gasteiger partial charge is 0.149 e. The van der Waals surface area contributed by atoms with Gasteiger partial charge in [-0.05, 0) is 157 Å². The van der Waals surface area contributed by atoms with Crippen LogP contribution in [0.25, 0.3) is 106 Å². The van der Waals surface area contributed by atoms with E-state index in [1.165, 1.54) is 11.1 Å². The number of phenols is 1. The summed E-state index contributed by atoms with van der Waals surface area (Å²) in [5.74, 6) is -1.78. The SMILES string of the molecule is [2H]C(C)(C)c1cc(-c2nc3c(-c4cc(-c5ccccc5)cc(-c5cc(-c6ccc(-c7ccccc7)cc6)ccn5)c4)cccc3n2-c2cc(-c3ccccc3)c(C)cc2-c2ccc(C(C)(C)C)cc2)c(O)c(C([2H])(C)C)c1. The first-order valence-electron chi connectivity index (χ1n) is 26.9. The van der Waals surface area contributed by atoms with Gasteiger partial charge in [-0.2, -0.15) is 0 Å². The maximum atomic E-state index is 12.7. The van der Waals surface area contributed by atoms with Crippen molar-refractivity contribution in [2.45, 2.75) is 72.6 Å². The molecule has 4 nitrogen and oxygen atoms in total. The Balaban J connectivity index is 1.18. The van der Waals surface area contributed by atoms with Crippen LogP contribution in [0.2, 0.25) is 0 Å². The van der Waals surface area contributed by atoms with E-state index >= 15 is 0 Å². The zero-order chi connectivity index (χ0) is 53.8. The molecule has 1 N–H and O–H groups in total. The molecular weight excluding hydrogens is 911 g/mol. The minimum absolute atomic E-state index is 0.0309. The maximum Gasteiger partial charge on any atom is 0.149 e. The predicted molar refractivity (Wildman–Crippen MR) is 316 cm³/mol. The van der Waals surface area contributed by atoms with E-state index in [-0.39, 0.29) is 11.2 Å². The Morgan fingerprint density at radius 3 is 1.65 bits per heavy atom. The number of fused-ring (bicyclic) bond motifs is 1. The Morgan fingerprint density at radius 2 is 1.03 bits per heavy atom. The molecule has 368 valence electrons. The molecule has 2 heterocycles. The molecule has 75 heavy (non-hydrogen) atoms. The molecule has 0 bridgehead atoms. The third-order valence-corrected chi connectivity index (χ3v) is 14.6. The Hall–Kier alpha value is -8.60. The van der Waals surface area contributed by atoms with Gasteiger partial charge >= 0.3 is 0 Å². The Morgan fingerprint density at radius 1 is 0.467 bits per heavy atom. The molecule has 0 atom stereocenters. The first kappa shape index (κ1) is 46.2. The van der Waals surface area contributed by atoms with Crippen molar-refractivity contribution < 1.29 is 7.85 Å². The highest BCUT2D eigenvalue weighted by atomic mass is 16.3. The highest BCUT2D eigenvalue weighted by Crippen LogP contribution is 2.46. The van der Waals surface area contributed by atoms with Gasteiger partial charge in [-0.3, -0.25) is 9.55 Å². The van der Waals surface area contributed by atoms with Crippen molar-refractivity contribution in [2.75, 3.05) is 0 Å². The van der Waals surface area contributed by atoms with Gasteiger partial charge in [-0.15, -0.1) is 0 Å². The molecule has 11 aromatic rings. The number of benzene rings is 9. The van der Waals surface area contributed by atoms with Crippen molar-refractivity contribution in [3.63, 3.8) is 0 Å². The van der Waals surface area contributed by atoms with Crippen molar-refractivity contribution >= 4 is 11.0 Å². The summed E-state index contributed by atoms with van der Waals surface area (Å²) in [6, 6.07) is 74.5. The highest BCUT2D eigenvalue weighted by Gasteiger charge is 2.26. The Bertz CT molecular complexity index is 3960. The van der Waals surface area contributed by atoms with E-state index in [2.05, 4.69) is 214 Å². The lowest BCUT2D eigenvalue weighted by Gasteiger charge is -2.22. The molecule has 0 unspecified atom stereocenters. The third kappa shape index (κ3) is 9.61. The molecule has 0 aliphatic rings. The molecule has 0 amide bonds. The number of hydrogen-bond acceptors (Lipinski definition) is 3. The average molecular weight is 976 g/mol. The van der Waals surface area contributed by atoms with Gasteiger partial charge < -0.3 is 5.11 Å². The third-order valence-electron chi connectivity index (χ3n) is 14.6. The van der Waals surface area contributed by atoms with Crippen LogP contribution >= 0.6 is 0 Å². The van der Waals surface area contributed by atoms with E-state index in [9.17, 15) is 7.85 Å². The molecular formula is C71H63N3O. The van der Waals surface area contributed by atoms with Gasteiger partial charge in [0.15, 0.2) is 0 Å². The number of phenolic OH excluding ortho intramolecular Hbond substituents is 1. The molecule has 4 heteroatoms. The van der Waals surface area contributed by atoms with Gasteiger partial charge in [0, 0.05) is 25.6 Å². The lowest BCUT2D eigenvalue weighted by atomic mass is 9.85. The molecule has 0 aliphatic carbocycles. The van der Waals surface area contributed by atoms with E-state index in [0.717, 1.165) is 94.7 Å². The molecule has 0 spiro atoms. The molecule has 0 saturated carbocycles. The molecule has 0 fully saturated rings. The van der Waals surface area contributed by atoms with Gasteiger partial charge in [0.1, 0.15) is 11.6 Å². The fourth-order valence-electron chi connectivity index (χ4n) is 10.4. The molecule has 2 aromatic heterocycles. The number of pyridine rings is 1. The first-order valence-corrected chi connectivity index (χ1v) is 25.9. The largest absolute Gasteiger partial charge is 0.507 e. The fourth-order valence-corrected chi connectivity index (χ4v) is 10.4. The second-order valence-electron chi connectivity index (χ2n) is 21.3. The molecule has 11 rings (SSSR count). The topological polar surface area (TPSA) is 50.9 Å². The van der Waals surface area contributed by atoms with Crippen LogP contribution in [0.1, 0.15) is 85.2 Å². The van der Waals surface area contributed by atoms with Crippen LogP contribution in [-0.2, 0) is 5.41 Å². The second-order valence-corrected chi connectivity index (χ2v) is 21.3. The molecule has 9 aromatic carbocycles. The average Bonchev–Trinajstić information content (AvgIpc) is 4.03. The quantitative estimate of drug-likeness (QED) is 0.140. The maximum absolute atomic E-state index is 12.7. The summed E-state index contributed by atoms with van der Waals surface area (Å²) in [6.07, 6.45) is 1.89. The first-order chi connectivity index (χ1) is 36.9. The van der Waals surface area contributed by atoms with Gasteiger partial charge in [0.25, 0.3) is 0 Å². The number of rotatable bonds is 11. The number of para-hydroxylation sites is 1. The molecule has 0 aliphatic heterocycles. The van der Waals surface area contributed by atoms with E-state index in [0.29, 0.717) is 22.5 Å². The van der Waals surface area contributed by atoms with Crippen LogP contribution in [0.15, 0.2) is 219 Å². The summed E-state index contributed by atoms with van der Waals surface area (Å²) in [6.45, 7) is 16.1. The number of imidazole rings is 1. The lowest BCUT2D eigenvalue weighted by molar-refractivity contribution is 0.466. The van der Waals surface area contributed by atoms with Crippen LogP contribution in [-0.4, -0.2) is 19.6 Å². The normalized spacial score (nSPS) is 12.4. The van der Waals surface area contributed by atoms with Crippen LogP contribution < -0.4 is 0 Å². The summed E-state index contributed by atoms with van der Waals surface area (Å²) in [7, 11) is 0. The van der Waals surface area contributed by atoms with E-state index in [1.807, 2.05) is 50.4 Å². The van der Waals surface area contributed by atoms with E-state index in [1.54, 1.807) is 13.8 Å². The molecule has 0 saturated heterocycles. The van der Waals surface area contributed by atoms with Crippen LogP contribution in [0, 0.1) is 6.92 Å². The van der Waals surface area contributed by atoms with Gasteiger partial charge in [0.2, 0.25) is 0 Å². The summed E-state index contributed by atoms with van der Waals surface area (Å²) in [5.41, 5.74) is 20.8. The second kappa shape index (κ2) is 20.0. The van der Waals surface area contributed by atoms with Crippen molar-refractivity contribution in [1.82, 2.24) is 14.5 Å². The monoisotopic (exact) mass is 976 g/mol. The van der Waals surface area contributed by atoms with Gasteiger partial charge in [0.05, 0.1) is 28.0 Å². The predicted octanol–water partition coefficient (Wildman–Crippen LogP) is 19.3. The van der Waals surface area contributed by atoms with Crippen molar-refractivity contribution in [3.05, 3.63) is 241 Å². The van der Waals surface area contributed by atoms with Gasteiger partial charge in [-0.25, -0.2) is 4.98 Å². The zero-order valence-corrected chi connectivity index (χ0v) is 44.1. The zero-order valence-electron chi connectivity index (χ0n) is 46.1. The van der Waals surface area contributed by atoms with Crippen molar-refractivity contribution in [1.29, 1.82) is 0 Å². The van der Waals surface area contributed by atoms with Crippen molar-refractivity contribution in [2.24, 2.45) is 0 Å². The Kier molecular flexibility index (Phi) is 12.3. The van der Waals surface area contributed by atoms with Crippen molar-refractivity contribution in [3.8, 4) is 101 Å². The highest BCUT2D eigenvalue weighted by molar-refractivity contribution is 5.99. The van der Waals surface area contributed by atoms with E-state index < -0.39 is 11.8 Å². The van der Waals surface area contributed by atoms with Crippen LogP contribution in [0.4, 0.5) is 0 Å². The number of aromatic hydroxyl groups is 1. The minimum Gasteiger partial charge on any atom is -0.507 e. The summed E-state index contributed by atoms with van der Waals surface area (Å²) < 4.78 is 20.9. The van der Waals surface area contributed by atoms with E-state index in [4.69, 9.17) is 9.97 Å². The number of aromatic nitrogens is 3. The number of nitrogens with zero attached hydrogens (tertiary/aromatic N) is 3. The fraction of sp³-hybridized carbons (Fsp3) is 0.155. The minimum atomic E-state index is -1.20.